The van der Waals surface area contributed by atoms with E-state index in [0.717, 1.165) is 17.6 Å². The van der Waals surface area contributed by atoms with E-state index in [9.17, 15) is 38.2 Å². The SMILES string of the molecule is NOOSc1ccccc1NC(=O)c1cccc(OCc2ccc([N+](=O)[O-])cc2)c1.[Ac].[NH-]S(=O)(=O)c1ccccc1NC(=O)c1cccc(OCc2ccc([N+](=O)[O-])cc2)c1. The average Bonchev–Trinajstić information content (AvgIpc) is 3.25. The molecule has 6 rings (SSSR count). The maximum Gasteiger partial charge on any atom is 0.269 e. The van der Waals surface area contributed by atoms with Crippen molar-refractivity contribution >= 4 is 56.6 Å². The van der Waals surface area contributed by atoms with Crippen molar-refractivity contribution in [1.82, 2.24) is 0 Å². The Morgan fingerprint density at radius 1 is 0.639 bits per heavy atom. The van der Waals surface area contributed by atoms with E-state index in [1.807, 2.05) is 0 Å². The van der Waals surface area contributed by atoms with Gasteiger partial charge in [0.05, 0.1) is 43.1 Å². The number of nitro benzene ring substituents is 2. The Kier molecular flexibility index (Phi) is 18.3. The molecule has 0 aliphatic carbocycles. The Morgan fingerprint density at radius 3 is 1.54 bits per heavy atom. The van der Waals surface area contributed by atoms with E-state index in [2.05, 4.69) is 20.0 Å². The Bertz CT molecular complexity index is 2590. The van der Waals surface area contributed by atoms with Gasteiger partial charge in [0.2, 0.25) is 0 Å². The molecule has 18 nitrogen and oxygen atoms in total. The molecule has 21 heteroatoms. The van der Waals surface area contributed by atoms with E-state index < -0.39 is 25.8 Å². The van der Waals surface area contributed by atoms with Crippen LogP contribution < -0.4 is 26.0 Å². The number of ether oxygens (including phenoxy) is 2. The molecule has 0 bridgehead atoms. The van der Waals surface area contributed by atoms with Crippen LogP contribution in [0.2, 0.25) is 0 Å². The number of nitrogens with two attached hydrogens (primary N) is 1. The van der Waals surface area contributed by atoms with Crippen LogP contribution in [0.1, 0.15) is 31.8 Å². The van der Waals surface area contributed by atoms with Crippen molar-refractivity contribution in [3.8, 4) is 11.5 Å². The number of sulfonamides is 1. The monoisotopic (exact) mass is 1080 g/mol. The molecule has 1 radical (unpaired) electrons. The molecule has 0 heterocycles. The minimum atomic E-state index is -4.25. The average molecular weight is 1080 g/mol. The number of carbonyl (C=O) groups is 2. The molecule has 311 valence electrons. The number of nitrogens with zero attached hydrogens (tertiary/aromatic N) is 2. The number of nitro groups is 2. The van der Waals surface area contributed by atoms with Gasteiger partial charge in [0.1, 0.15) is 34.7 Å². The molecule has 0 spiro atoms. The van der Waals surface area contributed by atoms with Crippen LogP contribution in [-0.4, -0.2) is 30.1 Å². The van der Waals surface area contributed by atoms with Crippen molar-refractivity contribution < 1.29 is 90.7 Å². The van der Waals surface area contributed by atoms with Gasteiger partial charge < -0.3 is 25.2 Å². The van der Waals surface area contributed by atoms with Crippen molar-refractivity contribution in [3.05, 3.63) is 193 Å². The number of carbonyl (C=O) groups excluding carboxylic acids is 2. The molecule has 0 unspecified atom stereocenters. The smallest absolute Gasteiger partial charge is 0.269 e. The number of anilines is 2. The third kappa shape index (κ3) is 14.7. The molecule has 0 fully saturated rings. The summed E-state index contributed by atoms with van der Waals surface area (Å²) in [7, 11) is -4.25. The summed E-state index contributed by atoms with van der Waals surface area (Å²) in [6.07, 6.45) is 0. The Balaban J connectivity index is 0.000000264. The van der Waals surface area contributed by atoms with Crippen LogP contribution in [0.3, 0.4) is 0 Å². The van der Waals surface area contributed by atoms with Crippen molar-refractivity contribution in [3.63, 3.8) is 0 Å². The van der Waals surface area contributed by atoms with E-state index in [1.165, 1.54) is 54.6 Å². The molecule has 0 atom stereocenters. The van der Waals surface area contributed by atoms with Crippen LogP contribution in [-0.2, 0) is 32.6 Å². The normalized spacial score (nSPS) is 10.5. The quantitative estimate of drug-likeness (QED) is 0.0356. The number of hydrogen-bond acceptors (Lipinski definition) is 14. The van der Waals surface area contributed by atoms with Gasteiger partial charge in [-0.25, -0.2) is 8.42 Å². The Morgan fingerprint density at radius 2 is 1.08 bits per heavy atom. The first-order valence-corrected chi connectivity index (χ1v) is 19.5. The molecule has 6 aromatic carbocycles. The standard InChI is InChI=1S/2C20H17N3O6S.Ac/c21-30(27,28)19-7-2-1-6-18(19)22-20(24)15-4-3-5-17(12-15)29-13-14-8-10-16(11-9-14)23(25)26;21-28-29-30-19-7-2-1-6-18(19)22-20(24)15-4-3-5-17(12-15)27-13-14-8-10-16(11-9-14)23(25)26;/h1-12H,13H2,(H3,21,22,24,27,28);1-12H,13,21H2,(H,22,24);/p-1. The van der Waals surface area contributed by atoms with Gasteiger partial charge in [-0.05, 0) is 96.1 Å². The molecule has 0 saturated heterocycles. The fraction of sp³-hybridized carbons (Fsp3) is 0.0500. The number of rotatable bonds is 16. The zero-order chi connectivity index (χ0) is 43.1. The fourth-order valence-electron chi connectivity index (χ4n) is 5.11. The van der Waals surface area contributed by atoms with E-state index in [4.69, 9.17) is 20.5 Å². The number of hydrogen-bond donors (Lipinski definition) is 3. The van der Waals surface area contributed by atoms with Crippen LogP contribution >= 0.6 is 12.0 Å². The largest absolute Gasteiger partial charge is 0.560 e. The van der Waals surface area contributed by atoms with Crippen LogP contribution in [0, 0.1) is 64.3 Å². The summed E-state index contributed by atoms with van der Waals surface area (Å²) in [5, 5.41) is 33.9. The zero-order valence-electron chi connectivity index (χ0n) is 31.5. The van der Waals surface area contributed by atoms with Crippen molar-refractivity contribution in [1.29, 1.82) is 0 Å². The number of nitrogens with one attached hydrogen (secondary N) is 3. The minimum absolute atomic E-state index is 0. The van der Waals surface area contributed by atoms with Crippen molar-refractivity contribution in [2.75, 3.05) is 10.6 Å². The van der Waals surface area contributed by atoms with Gasteiger partial charge in [-0.2, -0.15) is 5.90 Å². The number of para-hydroxylation sites is 2. The van der Waals surface area contributed by atoms with Crippen LogP contribution in [0.15, 0.2) is 155 Å². The molecular weight excluding hydrogens is 1050 g/mol. The van der Waals surface area contributed by atoms with Crippen LogP contribution in [0.5, 0.6) is 11.5 Å². The Hall–Kier alpha value is -5.76. The van der Waals surface area contributed by atoms with E-state index in [1.54, 1.807) is 91.0 Å². The predicted octanol–water partition coefficient (Wildman–Crippen LogP) is 8.42. The number of non-ortho nitro benzene ring substituents is 2. The van der Waals surface area contributed by atoms with Crippen LogP contribution in [0.4, 0.5) is 22.7 Å². The van der Waals surface area contributed by atoms with Gasteiger partial charge in [0.15, 0.2) is 0 Å². The van der Waals surface area contributed by atoms with Crippen LogP contribution in [0.25, 0.3) is 5.14 Å². The first-order valence-electron chi connectivity index (χ1n) is 17.2. The number of benzene rings is 6. The summed E-state index contributed by atoms with van der Waals surface area (Å²) >= 11 is 0.867. The molecule has 0 aliphatic rings. The first kappa shape index (κ1) is 47.9. The fourth-order valence-corrected chi connectivity index (χ4v) is 6.23. The van der Waals surface area contributed by atoms with Gasteiger partial charge in [0.25, 0.3) is 23.2 Å². The molecule has 5 N–H and O–H groups in total. The van der Waals surface area contributed by atoms with Gasteiger partial charge in [-0.3, -0.25) is 29.8 Å². The Labute approximate surface area is 388 Å². The summed E-state index contributed by atoms with van der Waals surface area (Å²) in [4.78, 5) is 50.0. The summed E-state index contributed by atoms with van der Waals surface area (Å²) in [6, 6.07) is 37.6. The molecule has 6 aromatic rings. The molecule has 0 saturated carbocycles. The maximum absolute atomic E-state index is 12.6. The molecule has 0 aliphatic heterocycles. The maximum atomic E-state index is 12.6. The second-order valence-electron chi connectivity index (χ2n) is 12.1. The van der Waals surface area contributed by atoms with E-state index >= 15 is 0 Å². The van der Waals surface area contributed by atoms with Gasteiger partial charge >= 0.3 is 0 Å². The summed E-state index contributed by atoms with van der Waals surface area (Å²) in [5.74, 6) is 4.83. The second kappa shape index (κ2) is 23.3. The molecular formula is C40H33AcN6O12S2-. The first-order chi connectivity index (χ1) is 28.8. The van der Waals surface area contributed by atoms with E-state index in [0.29, 0.717) is 33.2 Å². The molecule has 2 amide bonds. The zero-order valence-corrected chi connectivity index (χ0v) is 37.9. The molecule has 0 aromatic heterocycles. The summed E-state index contributed by atoms with van der Waals surface area (Å²) in [5.41, 5.74) is 2.64. The third-order valence-corrected chi connectivity index (χ3v) is 9.64. The summed E-state index contributed by atoms with van der Waals surface area (Å²) < 4.78 is 39.1. The topological polar surface area (TPSA) is 265 Å². The van der Waals surface area contributed by atoms with Crippen molar-refractivity contribution in [2.24, 2.45) is 5.90 Å². The van der Waals surface area contributed by atoms with Gasteiger partial charge in [-0.1, -0.05) is 36.4 Å². The summed E-state index contributed by atoms with van der Waals surface area (Å²) in [6.45, 7) is 0.349. The molecule has 61 heavy (non-hydrogen) atoms. The van der Waals surface area contributed by atoms with Gasteiger partial charge in [-0.15, -0.1) is 9.32 Å². The van der Waals surface area contributed by atoms with Crippen molar-refractivity contribution in [2.45, 2.75) is 23.0 Å². The van der Waals surface area contributed by atoms with E-state index in [-0.39, 0.29) is 90.7 Å². The second-order valence-corrected chi connectivity index (χ2v) is 14.3. The minimum Gasteiger partial charge on any atom is -0.560 e. The van der Waals surface area contributed by atoms with Gasteiger partial charge in [0, 0.05) is 79.5 Å². The predicted molar refractivity (Wildman–Crippen MR) is 220 cm³/mol. The number of amides is 2. The third-order valence-electron chi connectivity index (χ3n) is 8.02.